The number of aliphatic hydroxyl groups is 1. The number of nitrogens with zero attached hydrogens (tertiary/aromatic N) is 2. The minimum absolute atomic E-state index is 0.281. The molecule has 2 rings (SSSR count). The largest absolute Gasteiger partial charge is 0.384 e. The highest BCUT2D eigenvalue weighted by molar-refractivity contribution is 7.98. The average molecular weight is 293 g/mol. The molecule has 0 fully saturated rings. The first-order chi connectivity index (χ1) is 9.61. The first kappa shape index (κ1) is 14.4. The normalized spacial score (nSPS) is 10.2. The van der Waals surface area contributed by atoms with Crippen LogP contribution in [0.4, 0.5) is 4.39 Å². The Balaban J connectivity index is 2.21. The molecule has 1 aromatic heterocycles. The van der Waals surface area contributed by atoms with E-state index in [-0.39, 0.29) is 18.1 Å². The molecule has 0 aliphatic heterocycles. The third kappa shape index (κ3) is 3.29. The van der Waals surface area contributed by atoms with Crippen molar-refractivity contribution in [2.45, 2.75) is 10.9 Å². The molecule has 0 bridgehead atoms. The van der Waals surface area contributed by atoms with Crippen molar-refractivity contribution in [1.82, 2.24) is 14.8 Å². The zero-order chi connectivity index (χ0) is 14.5. The monoisotopic (exact) mass is 293 g/mol. The Morgan fingerprint density at radius 1 is 1.55 bits per heavy atom. The van der Waals surface area contributed by atoms with Crippen LogP contribution in [0.5, 0.6) is 0 Å². The number of rotatable bonds is 3. The molecule has 0 amide bonds. The van der Waals surface area contributed by atoms with Crippen LogP contribution in [0, 0.1) is 17.7 Å². The Morgan fingerprint density at radius 3 is 3.00 bits per heavy atom. The number of nitrogens with one attached hydrogen (secondary N) is 1. The van der Waals surface area contributed by atoms with E-state index in [9.17, 15) is 9.18 Å². The summed E-state index contributed by atoms with van der Waals surface area (Å²) in [6.07, 6.45) is 0. The van der Waals surface area contributed by atoms with E-state index < -0.39 is 0 Å². The maximum atomic E-state index is 13.2. The zero-order valence-electron chi connectivity index (χ0n) is 10.7. The summed E-state index contributed by atoms with van der Waals surface area (Å²) >= 11 is 1.34. The molecule has 0 atom stereocenters. The highest BCUT2D eigenvalue weighted by Crippen LogP contribution is 2.21. The predicted octanol–water partition coefficient (Wildman–Crippen LogP) is 0.884. The molecular formula is C13H12FN3O2S. The SMILES string of the molecule is Cn1c(SCc2ccc(F)cc2C#CCO)n[nH]c1=O. The molecule has 0 unspecified atom stereocenters. The summed E-state index contributed by atoms with van der Waals surface area (Å²) in [5.41, 5.74) is 1.05. The highest BCUT2D eigenvalue weighted by atomic mass is 32.2. The van der Waals surface area contributed by atoms with Gasteiger partial charge in [0.25, 0.3) is 0 Å². The van der Waals surface area contributed by atoms with Crippen molar-refractivity contribution in [3.8, 4) is 11.8 Å². The van der Waals surface area contributed by atoms with Crippen LogP contribution >= 0.6 is 11.8 Å². The van der Waals surface area contributed by atoms with Crippen LogP contribution in [-0.2, 0) is 12.8 Å². The molecule has 0 aliphatic carbocycles. The fourth-order valence-electron chi connectivity index (χ4n) is 1.53. The highest BCUT2D eigenvalue weighted by Gasteiger charge is 2.08. The molecule has 2 aromatic rings. The number of thioether (sulfide) groups is 1. The maximum absolute atomic E-state index is 13.2. The molecule has 1 heterocycles. The fourth-order valence-corrected chi connectivity index (χ4v) is 2.45. The van der Waals surface area contributed by atoms with Gasteiger partial charge in [0, 0.05) is 18.4 Å². The van der Waals surface area contributed by atoms with Crippen LogP contribution in [0.3, 0.4) is 0 Å². The average Bonchev–Trinajstić information content (AvgIpc) is 2.75. The third-order valence-corrected chi connectivity index (χ3v) is 3.65. The Labute approximate surface area is 118 Å². The molecule has 2 N–H and O–H groups in total. The molecule has 1 aromatic carbocycles. The van der Waals surface area contributed by atoms with Gasteiger partial charge < -0.3 is 5.11 Å². The Morgan fingerprint density at radius 2 is 2.35 bits per heavy atom. The molecule has 0 saturated carbocycles. The minimum Gasteiger partial charge on any atom is -0.384 e. The molecular weight excluding hydrogens is 281 g/mol. The summed E-state index contributed by atoms with van der Waals surface area (Å²) in [4.78, 5) is 11.2. The standard InChI is InChI=1S/C13H12FN3O2S/c1-17-12(19)15-16-13(17)20-8-10-4-5-11(14)7-9(10)3-2-6-18/h4-5,7,18H,6,8H2,1H3,(H,15,19). The molecule has 7 heteroatoms. The Hall–Kier alpha value is -2.04. The number of hydrogen-bond acceptors (Lipinski definition) is 4. The van der Waals surface area contributed by atoms with Crippen molar-refractivity contribution < 1.29 is 9.50 Å². The first-order valence-electron chi connectivity index (χ1n) is 5.74. The second kappa shape index (κ2) is 6.41. The lowest BCUT2D eigenvalue weighted by Gasteiger charge is -2.04. The van der Waals surface area contributed by atoms with E-state index in [1.165, 1.54) is 28.5 Å². The molecule has 20 heavy (non-hydrogen) atoms. The van der Waals surface area contributed by atoms with Gasteiger partial charge in [-0.25, -0.2) is 14.3 Å². The van der Waals surface area contributed by atoms with Crippen LogP contribution in [0.15, 0.2) is 28.2 Å². The first-order valence-corrected chi connectivity index (χ1v) is 6.72. The van der Waals surface area contributed by atoms with Crippen molar-refractivity contribution in [2.24, 2.45) is 7.05 Å². The van der Waals surface area contributed by atoms with Gasteiger partial charge in [0.2, 0.25) is 0 Å². The van der Waals surface area contributed by atoms with Gasteiger partial charge in [-0.1, -0.05) is 29.7 Å². The topological polar surface area (TPSA) is 70.9 Å². The van der Waals surface area contributed by atoms with E-state index >= 15 is 0 Å². The molecule has 104 valence electrons. The fraction of sp³-hybridized carbons (Fsp3) is 0.231. The number of H-pyrrole nitrogens is 1. The van der Waals surface area contributed by atoms with E-state index in [4.69, 9.17) is 5.11 Å². The number of aromatic amines is 1. The van der Waals surface area contributed by atoms with Gasteiger partial charge in [0.05, 0.1) is 0 Å². The minimum atomic E-state index is -0.381. The van der Waals surface area contributed by atoms with Gasteiger partial charge in [-0.15, -0.1) is 5.10 Å². The third-order valence-electron chi connectivity index (χ3n) is 2.57. The van der Waals surface area contributed by atoms with E-state index in [1.54, 1.807) is 13.1 Å². The van der Waals surface area contributed by atoms with Gasteiger partial charge >= 0.3 is 5.69 Å². The van der Waals surface area contributed by atoms with Crippen molar-refractivity contribution >= 4 is 11.8 Å². The number of aliphatic hydroxyl groups excluding tert-OH is 1. The van der Waals surface area contributed by atoms with Crippen molar-refractivity contribution in [2.75, 3.05) is 6.61 Å². The van der Waals surface area contributed by atoms with Gasteiger partial charge in [-0.05, 0) is 17.7 Å². The smallest absolute Gasteiger partial charge is 0.343 e. The van der Waals surface area contributed by atoms with Gasteiger partial charge in [-0.3, -0.25) is 4.57 Å². The van der Waals surface area contributed by atoms with Crippen LogP contribution in [0.2, 0.25) is 0 Å². The lowest BCUT2D eigenvalue weighted by molar-refractivity contribution is 0.350. The van der Waals surface area contributed by atoms with Gasteiger partial charge in [0.15, 0.2) is 5.16 Å². The summed E-state index contributed by atoms with van der Waals surface area (Å²) in [5.74, 6) is 5.32. The number of hydrogen-bond donors (Lipinski definition) is 2. The van der Waals surface area contributed by atoms with Crippen molar-refractivity contribution in [3.05, 3.63) is 45.6 Å². The summed E-state index contributed by atoms with van der Waals surface area (Å²) in [6, 6.07) is 4.31. The quantitative estimate of drug-likeness (QED) is 0.651. The van der Waals surface area contributed by atoms with E-state index in [2.05, 4.69) is 22.0 Å². The van der Waals surface area contributed by atoms with Crippen molar-refractivity contribution in [3.63, 3.8) is 0 Å². The van der Waals surface area contributed by atoms with Gasteiger partial charge in [0.1, 0.15) is 12.4 Å². The molecule has 0 spiro atoms. The van der Waals surface area contributed by atoms with E-state index in [0.29, 0.717) is 16.5 Å². The summed E-state index contributed by atoms with van der Waals surface area (Å²) in [7, 11) is 1.62. The molecule has 0 radical (unpaired) electrons. The van der Waals surface area contributed by atoms with Crippen molar-refractivity contribution in [1.29, 1.82) is 0 Å². The van der Waals surface area contributed by atoms with E-state index in [0.717, 1.165) is 5.56 Å². The summed E-state index contributed by atoms with van der Waals surface area (Å²) in [5, 5.41) is 15.5. The lowest BCUT2D eigenvalue weighted by atomic mass is 10.1. The maximum Gasteiger partial charge on any atom is 0.343 e. The second-order valence-corrected chi connectivity index (χ2v) is 4.86. The molecule has 5 nitrogen and oxygen atoms in total. The van der Waals surface area contributed by atoms with Crippen LogP contribution in [0.1, 0.15) is 11.1 Å². The van der Waals surface area contributed by atoms with E-state index in [1.807, 2.05) is 0 Å². The number of benzene rings is 1. The number of halogens is 1. The summed E-state index contributed by atoms with van der Waals surface area (Å²) in [6.45, 7) is -0.281. The zero-order valence-corrected chi connectivity index (χ0v) is 11.5. The predicted molar refractivity (Wildman–Crippen MR) is 73.8 cm³/mol. The lowest BCUT2D eigenvalue weighted by Crippen LogP contribution is -2.12. The molecule has 0 aliphatic rings. The molecule has 0 saturated heterocycles. The Kier molecular flexibility index (Phi) is 4.61. The van der Waals surface area contributed by atoms with Crippen LogP contribution in [0.25, 0.3) is 0 Å². The Bertz CT molecular complexity index is 727. The van der Waals surface area contributed by atoms with Gasteiger partial charge in [-0.2, -0.15) is 0 Å². The van der Waals surface area contributed by atoms with Crippen LogP contribution < -0.4 is 5.69 Å². The summed E-state index contributed by atoms with van der Waals surface area (Å²) < 4.78 is 14.6. The van der Waals surface area contributed by atoms with Crippen LogP contribution in [-0.4, -0.2) is 26.5 Å². The number of aromatic nitrogens is 3. The second-order valence-electron chi connectivity index (χ2n) is 3.92.